The summed E-state index contributed by atoms with van der Waals surface area (Å²) in [6, 6.07) is 5.93. The highest BCUT2D eigenvalue weighted by Crippen LogP contribution is 2.17. The lowest BCUT2D eigenvalue weighted by Gasteiger charge is -2.09. The first-order valence-electron chi connectivity index (χ1n) is 5.05. The zero-order chi connectivity index (χ0) is 13.1. The molecule has 94 valence electrons. The van der Waals surface area contributed by atoms with E-state index in [-0.39, 0.29) is 23.5 Å². The number of benzene rings is 1. The van der Waals surface area contributed by atoms with Crippen molar-refractivity contribution in [2.24, 2.45) is 5.14 Å². The Morgan fingerprint density at radius 2 is 2.00 bits per heavy atom. The van der Waals surface area contributed by atoms with Gasteiger partial charge in [-0.05, 0) is 18.6 Å². The average molecular weight is 259 g/mol. The summed E-state index contributed by atoms with van der Waals surface area (Å²) in [4.78, 5) is 10.7. The number of halogens is 1. The van der Waals surface area contributed by atoms with E-state index in [1.807, 2.05) is 0 Å². The molecule has 6 heteroatoms. The van der Waals surface area contributed by atoms with Crippen LogP contribution in [-0.2, 0) is 21.2 Å². The minimum absolute atomic E-state index is 0.0915. The molecular formula is C11H14FNO3S. The number of nitrogens with two attached hydrogens (primary N) is 1. The van der Waals surface area contributed by atoms with E-state index in [9.17, 15) is 17.6 Å². The van der Waals surface area contributed by atoms with Crippen molar-refractivity contribution in [1.82, 2.24) is 0 Å². The molecule has 0 saturated heterocycles. The van der Waals surface area contributed by atoms with E-state index in [4.69, 9.17) is 5.14 Å². The summed E-state index contributed by atoms with van der Waals surface area (Å²) in [5, 5.41) is 5.02. The molecule has 1 atom stereocenters. The minimum atomic E-state index is -3.86. The van der Waals surface area contributed by atoms with E-state index in [2.05, 4.69) is 0 Å². The van der Waals surface area contributed by atoms with Crippen molar-refractivity contribution >= 4 is 15.8 Å². The Bertz CT molecular complexity index is 513. The number of carbonyl (C=O) groups excluding carboxylic acids is 1. The predicted molar refractivity (Wildman–Crippen MR) is 61.7 cm³/mol. The molecule has 1 rings (SSSR count). The maximum Gasteiger partial charge on any atom is 0.238 e. The molecule has 0 amide bonds. The van der Waals surface area contributed by atoms with Crippen molar-refractivity contribution in [2.45, 2.75) is 30.8 Å². The Kier molecular flexibility index (Phi) is 4.36. The van der Waals surface area contributed by atoms with E-state index in [0.717, 1.165) is 0 Å². The van der Waals surface area contributed by atoms with Crippen LogP contribution in [0.25, 0.3) is 0 Å². The fourth-order valence-electron chi connectivity index (χ4n) is 1.57. The van der Waals surface area contributed by atoms with Gasteiger partial charge in [-0.25, -0.2) is 17.9 Å². The zero-order valence-electron chi connectivity index (χ0n) is 9.39. The molecule has 0 radical (unpaired) electrons. The Labute approximate surface area is 99.7 Å². The van der Waals surface area contributed by atoms with Crippen LogP contribution in [-0.4, -0.2) is 20.4 Å². The molecule has 1 aromatic carbocycles. The first-order chi connectivity index (χ1) is 7.80. The number of carbonyl (C=O) groups is 1. The Balaban J connectivity index is 2.96. The van der Waals surface area contributed by atoms with Crippen molar-refractivity contribution in [2.75, 3.05) is 0 Å². The zero-order valence-corrected chi connectivity index (χ0v) is 10.2. The molecule has 1 unspecified atom stereocenters. The van der Waals surface area contributed by atoms with Crippen LogP contribution < -0.4 is 5.14 Å². The van der Waals surface area contributed by atoms with E-state index < -0.39 is 16.2 Å². The van der Waals surface area contributed by atoms with Crippen molar-refractivity contribution in [3.63, 3.8) is 0 Å². The second kappa shape index (κ2) is 5.37. The van der Waals surface area contributed by atoms with Crippen LogP contribution in [0.3, 0.4) is 0 Å². The van der Waals surface area contributed by atoms with E-state index in [1.165, 1.54) is 25.1 Å². The van der Waals surface area contributed by atoms with E-state index >= 15 is 0 Å². The molecule has 0 aliphatic heterocycles. The normalized spacial score (nSPS) is 13.4. The number of primary sulfonamides is 1. The molecule has 0 bridgehead atoms. The van der Waals surface area contributed by atoms with Gasteiger partial charge in [0.15, 0.2) is 0 Å². The second-order valence-corrected chi connectivity index (χ2v) is 5.39. The van der Waals surface area contributed by atoms with Crippen molar-refractivity contribution in [3.8, 4) is 0 Å². The Hall–Kier alpha value is -1.27. The third kappa shape index (κ3) is 4.24. The molecule has 1 aromatic rings. The lowest BCUT2D eigenvalue weighted by atomic mass is 10.1. The number of sulfonamides is 1. The molecule has 0 aliphatic rings. The fraction of sp³-hybridized carbons (Fsp3) is 0.364. The van der Waals surface area contributed by atoms with Gasteiger partial charge in [-0.3, -0.25) is 4.79 Å². The standard InChI is InChI=1S/C11H14FNO3S/c1-8(14)6-10(12)7-9-4-2-3-5-11(9)17(13,15)16/h2-5,10H,6-7H2,1H3,(H2,13,15,16). The molecule has 0 fully saturated rings. The molecule has 4 nitrogen and oxygen atoms in total. The van der Waals surface area contributed by atoms with Gasteiger partial charge in [0.25, 0.3) is 0 Å². The summed E-state index contributed by atoms with van der Waals surface area (Å²) in [7, 11) is -3.86. The number of alkyl halides is 1. The lowest BCUT2D eigenvalue weighted by Crippen LogP contribution is -2.17. The summed E-state index contributed by atoms with van der Waals surface area (Å²) in [5.74, 6) is -0.273. The predicted octanol–water partition coefficient (Wildman–Crippen LogP) is 1.19. The molecule has 0 heterocycles. The molecular weight excluding hydrogens is 245 g/mol. The number of hydrogen-bond donors (Lipinski definition) is 1. The van der Waals surface area contributed by atoms with Gasteiger partial charge in [0.05, 0.1) is 4.90 Å². The molecule has 0 spiro atoms. The second-order valence-electron chi connectivity index (χ2n) is 3.86. The monoisotopic (exact) mass is 259 g/mol. The van der Waals surface area contributed by atoms with Crippen molar-refractivity contribution in [3.05, 3.63) is 29.8 Å². The number of hydrogen-bond acceptors (Lipinski definition) is 3. The maximum absolute atomic E-state index is 13.5. The van der Waals surface area contributed by atoms with Gasteiger partial charge in [-0.2, -0.15) is 0 Å². The van der Waals surface area contributed by atoms with Gasteiger partial charge < -0.3 is 0 Å². The highest BCUT2D eigenvalue weighted by atomic mass is 32.2. The summed E-state index contributed by atoms with van der Waals surface area (Å²) in [6.07, 6.45) is -1.75. The largest absolute Gasteiger partial charge is 0.300 e. The van der Waals surface area contributed by atoms with Gasteiger partial charge in [0.1, 0.15) is 12.0 Å². The van der Waals surface area contributed by atoms with Crippen LogP contribution in [0.2, 0.25) is 0 Å². The van der Waals surface area contributed by atoms with Crippen molar-refractivity contribution in [1.29, 1.82) is 0 Å². The Morgan fingerprint density at radius 3 is 2.53 bits per heavy atom. The minimum Gasteiger partial charge on any atom is -0.300 e. The number of rotatable bonds is 5. The van der Waals surface area contributed by atoms with Crippen LogP contribution in [0.5, 0.6) is 0 Å². The number of ketones is 1. The highest BCUT2D eigenvalue weighted by Gasteiger charge is 2.17. The van der Waals surface area contributed by atoms with Gasteiger partial charge in [-0.15, -0.1) is 0 Å². The molecule has 0 aliphatic carbocycles. The summed E-state index contributed by atoms with van der Waals surface area (Å²) in [5.41, 5.74) is 0.295. The maximum atomic E-state index is 13.5. The van der Waals surface area contributed by atoms with Gasteiger partial charge >= 0.3 is 0 Å². The molecule has 2 N–H and O–H groups in total. The van der Waals surface area contributed by atoms with Gasteiger partial charge in [0, 0.05) is 12.8 Å². The van der Waals surface area contributed by atoms with Gasteiger partial charge in [0.2, 0.25) is 10.0 Å². The van der Waals surface area contributed by atoms with E-state index in [1.54, 1.807) is 6.07 Å². The summed E-state index contributed by atoms with van der Waals surface area (Å²) < 4.78 is 35.9. The van der Waals surface area contributed by atoms with Crippen LogP contribution in [0.4, 0.5) is 4.39 Å². The van der Waals surface area contributed by atoms with Crippen LogP contribution in [0, 0.1) is 0 Å². The van der Waals surface area contributed by atoms with Crippen LogP contribution in [0.15, 0.2) is 29.2 Å². The highest BCUT2D eigenvalue weighted by molar-refractivity contribution is 7.89. The Morgan fingerprint density at radius 1 is 1.41 bits per heavy atom. The van der Waals surface area contributed by atoms with Crippen LogP contribution >= 0.6 is 0 Å². The molecule has 0 aromatic heterocycles. The third-order valence-corrected chi connectivity index (χ3v) is 3.24. The number of Topliss-reactive ketones (excluding diaryl/α,β-unsaturated/α-hetero) is 1. The first kappa shape index (κ1) is 13.8. The third-order valence-electron chi connectivity index (χ3n) is 2.23. The smallest absolute Gasteiger partial charge is 0.238 e. The van der Waals surface area contributed by atoms with Crippen molar-refractivity contribution < 1.29 is 17.6 Å². The topological polar surface area (TPSA) is 77.2 Å². The average Bonchev–Trinajstić information content (AvgIpc) is 2.15. The molecule has 17 heavy (non-hydrogen) atoms. The van der Waals surface area contributed by atoms with Gasteiger partial charge in [-0.1, -0.05) is 18.2 Å². The van der Waals surface area contributed by atoms with Crippen LogP contribution in [0.1, 0.15) is 18.9 Å². The fourth-order valence-corrected chi connectivity index (χ4v) is 2.36. The quantitative estimate of drug-likeness (QED) is 0.863. The lowest BCUT2D eigenvalue weighted by molar-refractivity contribution is -0.118. The first-order valence-corrected chi connectivity index (χ1v) is 6.59. The molecule has 0 saturated carbocycles. The summed E-state index contributed by atoms with van der Waals surface area (Å²) in [6.45, 7) is 1.29. The summed E-state index contributed by atoms with van der Waals surface area (Å²) >= 11 is 0. The SMILES string of the molecule is CC(=O)CC(F)Cc1ccccc1S(N)(=O)=O. The van der Waals surface area contributed by atoms with E-state index in [0.29, 0.717) is 5.56 Å².